The smallest absolute Gasteiger partial charge is 0.242 e. The number of fused-ring (bicyclic) bond motifs is 1. The maximum atomic E-state index is 12.6. The first-order valence-corrected chi connectivity index (χ1v) is 9.69. The van der Waals surface area contributed by atoms with Crippen molar-refractivity contribution in [3.8, 4) is 0 Å². The molecule has 1 amide bonds. The van der Waals surface area contributed by atoms with Crippen LogP contribution >= 0.6 is 11.3 Å². The number of aromatic nitrogens is 4. The lowest BCUT2D eigenvalue weighted by Gasteiger charge is -2.34. The van der Waals surface area contributed by atoms with E-state index in [0.717, 1.165) is 35.1 Å². The quantitative estimate of drug-likeness (QED) is 0.736. The SMILES string of the molecule is Cc1sc2ncnc(NCC(=O)N3CCN(c4ncccn4)CC3)c2c1C. The number of aryl methyl sites for hydroxylation is 2. The summed E-state index contributed by atoms with van der Waals surface area (Å²) in [6.45, 7) is 7.15. The molecule has 140 valence electrons. The molecule has 4 rings (SSSR count). The van der Waals surface area contributed by atoms with Crippen LogP contribution in [-0.4, -0.2) is 63.5 Å². The summed E-state index contributed by atoms with van der Waals surface area (Å²) in [6, 6.07) is 1.80. The molecule has 3 aromatic heterocycles. The van der Waals surface area contributed by atoms with Gasteiger partial charge in [0.2, 0.25) is 11.9 Å². The molecule has 8 nitrogen and oxygen atoms in total. The van der Waals surface area contributed by atoms with Crippen LogP contribution in [0.15, 0.2) is 24.8 Å². The van der Waals surface area contributed by atoms with Crippen LogP contribution in [0.4, 0.5) is 11.8 Å². The highest BCUT2D eigenvalue weighted by Gasteiger charge is 2.22. The summed E-state index contributed by atoms with van der Waals surface area (Å²) >= 11 is 1.65. The Morgan fingerprint density at radius 2 is 1.85 bits per heavy atom. The van der Waals surface area contributed by atoms with Crippen LogP contribution in [0.25, 0.3) is 10.2 Å². The number of thiophene rings is 1. The van der Waals surface area contributed by atoms with Gasteiger partial charge in [-0.05, 0) is 25.5 Å². The fourth-order valence-corrected chi connectivity index (χ4v) is 4.19. The number of carbonyl (C=O) groups excluding carboxylic acids is 1. The second-order valence-electron chi connectivity index (χ2n) is 6.46. The van der Waals surface area contributed by atoms with E-state index in [1.54, 1.807) is 36.1 Å². The molecule has 27 heavy (non-hydrogen) atoms. The van der Waals surface area contributed by atoms with Crippen molar-refractivity contribution in [3.63, 3.8) is 0 Å². The molecule has 1 aliphatic heterocycles. The summed E-state index contributed by atoms with van der Waals surface area (Å²) in [5, 5.41) is 4.22. The fraction of sp³-hybridized carbons (Fsp3) is 0.389. The summed E-state index contributed by atoms with van der Waals surface area (Å²) in [6.07, 6.45) is 5.02. The third-order valence-corrected chi connectivity index (χ3v) is 5.96. The van der Waals surface area contributed by atoms with Gasteiger partial charge in [-0.25, -0.2) is 19.9 Å². The van der Waals surface area contributed by atoms with Gasteiger partial charge in [0.25, 0.3) is 0 Å². The normalized spacial score (nSPS) is 14.6. The van der Waals surface area contributed by atoms with Crippen LogP contribution < -0.4 is 10.2 Å². The molecule has 0 spiro atoms. The Labute approximate surface area is 161 Å². The molecule has 4 heterocycles. The van der Waals surface area contributed by atoms with E-state index in [0.29, 0.717) is 13.1 Å². The average molecular weight is 383 g/mol. The standard InChI is InChI=1S/C18H21N7OS/c1-12-13(2)27-17-15(12)16(22-11-23-17)21-10-14(26)24-6-8-25(9-7-24)18-19-4-3-5-20-18/h3-5,11H,6-10H2,1-2H3,(H,21,22,23). The Bertz CT molecular complexity index is 951. The van der Waals surface area contributed by atoms with Crippen molar-refractivity contribution in [1.82, 2.24) is 24.8 Å². The topological polar surface area (TPSA) is 87.1 Å². The summed E-state index contributed by atoms with van der Waals surface area (Å²) in [5.41, 5.74) is 1.17. The first-order valence-electron chi connectivity index (χ1n) is 8.88. The van der Waals surface area contributed by atoms with Crippen LogP contribution in [0.1, 0.15) is 10.4 Å². The van der Waals surface area contributed by atoms with Crippen LogP contribution in [-0.2, 0) is 4.79 Å². The molecular formula is C18H21N7OS. The molecule has 0 saturated carbocycles. The zero-order chi connectivity index (χ0) is 18.8. The number of carbonyl (C=O) groups is 1. The highest BCUT2D eigenvalue weighted by molar-refractivity contribution is 7.18. The van der Waals surface area contributed by atoms with Crippen molar-refractivity contribution in [2.24, 2.45) is 0 Å². The van der Waals surface area contributed by atoms with E-state index in [-0.39, 0.29) is 12.5 Å². The lowest BCUT2D eigenvalue weighted by molar-refractivity contribution is -0.129. The number of nitrogens with one attached hydrogen (secondary N) is 1. The number of piperazine rings is 1. The van der Waals surface area contributed by atoms with Gasteiger partial charge in [-0.1, -0.05) is 0 Å². The zero-order valence-electron chi connectivity index (χ0n) is 15.3. The number of amides is 1. The molecule has 0 atom stereocenters. The minimum atomic E-state index is 0.0694. The Morgan fingerprint density at radius 3 is 2.59 bits per heavy atom. The average Bonchev–Trinajstić information content (AvgIpc) is 3.01. The van der Waals surface area contributed by atoms with Gasteiger partial charge < -0.3 is 15.1 Å². The van der Waals surface area contributed by atoms with E-state index in [1.165, 1.54) is 10.4 Å². The summed E-state index contributed by atoms with van der Waals surface area (Å²) in [4.78, 5) is 36.0. The molecule has 0 aromatic carbocycles. The lowest BCUT2D eigenvalue weighted by atomic mass is 10.2. The molecule has 0 unspecified atom stereocenters. The summed E-state index contributed by atoms with van der Waals surface area (Å²) in [5.74, 6) is 1.51. The summed E-state index contributed by atoms with van der Waals surface area (Å²) in [7, 11) is 0. The molecule has 0 aliphatic carbocycles. The van der Waals surface area contributed by atoms with Gasteiger partial charge in [0.05, 0.1) is 11.9 Å². The van der Waals surface area contributed by atoms with E-state index in [4.69, 9.17) is 0 Å². The van der Waals surface area contributed by atoms with Gasteiger partial charge in [-0.15, -0.1) is 11.3 Å². The molecule has 0 bridgehead atoms. The predicted octanol–water partition coefficient (Wildman–Crippen LogP) is 1.86. The van der Waals surface area contributed by atoms with Crippen LogP contribution in [0, 0.1) is 13.8 Å². The lowest BCUT2D eigenvalue weighted by Crippen LogP contribution is -2.50. The Hall–Kier alpha value is -2.81. The van der Waals surface area contributed by atoms with Crippen molar-refractivity contribution in [3.05, 3.63) is 35.2 Å². The van der Waals surface area contributed by atoms with Gasteiger partial charge in [0.1, 0.15) is 17.0 Å². The van der Waals surface area contributed by atoms with Crippen LogP contribution in [0.3, 0.4) is 0 Å². The van der Waals surface area contributed by atoms with Crippen LogP contribution in [0.5, 0.6) is 0 Å². The van der Waals surface area contributed by atoms with Crippen molar-refractivity contribution >= 4 is 39.2 Å². The Kier molecular flexibility index (Phi) is 4.85. The second kappa shape index (κ2) is 7.43. The highest BCUT2D eigenvalue weighted by atomic mass is 32.1. The molecule has 1 aliphatic rings. The molecule has 0 radical (unpaired) electrons. The molecule has 3 aromatic rings. The first-order chi connectivity index (χ1) is 13.1. The third-order valence-electron chi connectivity index (χ3n) is 4.84. The zero-order valence-corrected chi connectivity index (χ0v) is 16.2. The van der Waals surface area contributed by atoms with Gasteiger partial charge in [0.15, 0.2) is 0 Å². The summed E-state index contributed by atoms with van der Waals surface area (Å²) < 4.78 is 0. The minimum absolute atomic E-state index is 0.0694. The molecular weight excluding hydrogens is 362 g/mol. The predicted molar refractivity (Wildman–Crippen MR) is 106 cm³/mol. The molecule has 1 saturated heterocycles. The number of nitrogens with zero attached hydrogens (tertiary/aromatic N) is 6. The maximum absolute atomic E-state index is 12.6. The van der Waals surface area contributed by atoms with E-state index < -0.39 is 0 Å². The second-order valence-corrected chi connectivity index (χ2v) is 7.66. The maximum Gasteiger partial charge on any atom is 0.242 e. The third kappa shape index (κ3) is 3.55. The highest BCUT2D eigenvalue weighted by Crippen LogP contribution is 2.32. The van der Waals surface area contributed by atoms with Crippen LogP contribution in [0.2, 0.25) is 0 Å². The number of anilines is 2. The van der Waals surface area contributed by atoms with Crippen molar-refractivity contribution in [1.29, 1.82) is 0 Å². The van der Waals surface area contributed by atoms with Gasteiger partial charge >= 0.3 is 0 Å². The van der Waals surface area contributed by atoms with E-state index in [9.17, 15) is 4.79 Å². The monoisotopic (exact) mass is 383 g/mol. The molecule has 1 N–H and O–H groups in total. The largest absolute Gasteiger partial charge is 0.360 e. The Balaban J connectivity index is 1.37. The van der Waals surface area contributed by atoms with Crippen molar-refractivity contribution < 1.29 is 4.79 Å². The number of rotatable bonds is 4. The number of hydrogen-bond donors (Lipinski definition) is 1. The molecule has 1 fully saturated rings. The number of hydrogen-bond acceptors (Lipinski definition) is 8. The first kappa shape index (κ1) is 17.6. The minimum Gasteiger partial charge on any atom is -0.360 e. The van der Waals surface area contributed by atoms with E-state index >= 15 is 0 Å². The van der Waals surface area contributed by atoms with Gasteiger partial charge in [0, 0.05) is 43.4 Å². The van der Waals surface area contributed by atoms with Crippen molar-refractivity contribution in [2.75, 3.05) is 42.9 Å². The Morgan fingerprint density at radius 1 is 1.11 bits per heavy atom. The van der Waals surface area contributed by atoms with Gasteiger partial charge in [-0.3, -0.25) is 4.79 Å². The van der Waals surface area contributed by atoms with Crippen molar-refractivity contribution in [2.45, 2.75) is 13.8 Å². The fourth-order valence-electron chi connectivity index (χ4n) is 3.20. The van der Waals surface area contributed by atoms with Gasteiger partial charge in [-0.2, -0.15) is 0 Å². The molecule has 9 heteroatoms. The van der Waals surface area contributed by atoms with E-state index in [2.05, 4.69) is 44.0 Å². The van der Waals surface area contributed by atoms with E-state index in [1.807, 2.05) is 4.90 Å².